The summed E-state index contributed by atoms with van der Waals surface area (Å²) in [5.41, 5.74) is 4.94. The van der Waals surface area contributed by atoms with Crippen molar-refractivity contribution in [3.8, 4) is 11.3 Å². The first-order valence-corrected chi connectivity index (χ1v) is 7.79. The Morgan fingerprint density at radius 3 is 2.42 bits per heavy atom. The molecule has 2 aromatic carbocycles. The highest BCUT2D eigenvalue weighted by Gasteiger charge is 2.16. The second-order valence-electron chi connectivity index (χ2n) is 5.55. The van der Waals surface area contributed by atoms with Gasteiger partial charge in [0.1, 0.15) is 11.4 Å². The molecule has 0 aliphatic heterocycles. The summed E-state index contributed by atoms with van der Waals surface area (Å²) in [5.74, 6) is 0. The van der Waals surface area contributed by atoms with Crippen LogP contribution in [0.2, 0.25) is 0 Å². The standard InChI is InChI=1S/C20H16N4/c1-24-18-12-6-5-11-17(18)19(20(24)15-8-3-2-4-9-15)23-22-16-10-7-13-21-14-16/h2-14H,1H3. The highest BCUT2D eigenvalue weighted by Crippen LogP contribution is 2.40. The number of pyridine rings is 1. The van der Waals surface area contributed by atoms with Crippen LogP contribution in [0.3, 0.4) is 0 Å². The Morgan fingerprint density at radius 1 is 0.833 bits per heavy atom. The summed E-state index contributed by atoms with van der Waals surface area (Å²) >= 11 is 0. The average molecular weight is 312 g/mol. The number of rotatable bonds is 3. The SMILES string of the molecule is Cn1c(-c2ccccc2)c(N=Nc2cccnc2)c2ccccc21. The molecule has 0 N–H and O–H groups in total. The molecule has 4 nitrogen and oxygen atoms in total. The Labute approximate surface area is 140 Å². The third kappa shape index (κ3) is 2.48. The lowest BCUT2D eigenvalue weighted by atomic mass is 10.1. The van der Waals surface area contributed by atoms with Crippen LogP contribution in [0.15, 0.2) is 89.4 Å². The van der Waals surface area contributed by atoms with Crippen LogP contribution in [0.1, 0.15) is 0 Å². The van der Waals surface area contributed by atoms with Gasteiger partial charge in [0.15, 0.2) is 0 Å². The number of aromatic nitrogens is 2. The first kappa shape index (κ1) is 14.3. The van der Waals surface area contributed by atoms with Crippen LogP contribution in [0.4, 0.5) is 11.4 Å². The first-order chi connectivity index (χ1) is 11.8. The molecule has 0 radical (unpaired) electrons. The highest BCUT2D eigenvalue weighted by molar-refractivity contribution is 6.00. The smallest absolute Gasteiger partial charge is 0.119 e. The predicted molar refractivity (Wildman–Crippen MR) is 96.8 cm³/mol. The summed E-state index contributed by atoms with van der Waals surface area (Å²) in [5, 5.41) is 10.0. The third-order valence-corrected chi connectivity index (χ3v) is 4.04. The van der Waals surface area contributed by atoms with Crippen molar-refractivity contribution in [1.29, 1.82) is 0 Å². The molecule has 2 heterocycles. The summed E-state index contributed by atoms with van der Waals surface area (Å²) in [6.07, 6.45) is 3.43. The lowest BCUT2D eigenvalue weighted by Crippen LogP contribution is -1.90. The number of azo groups is 1. The monoisotopic (exact) mass is 312 g/mol. The largest absolute Gasteiger partial charge is 0.342 e. The number of nitrogens with zero attached hydrogens (tertiary/aromatic N) is 4. The second kappa shape index (κ2) is 6.08. The Balaban J connectivity index is 1.94. The number of para-hydroxylation sites is 1. The maximum absolute atomic E-state index is 4.57. The Morgan fingerprint density at radius 2 is 1.62 bits per heavy atom. The van der Waals surface area contributed by atoms with Gasteiger partial charge in [-0.3, -0.25) is 4.98 Å². The van der Waals surface area contributed by atoms with Crippen molar-refractivity contribution in [3.05, 3.63) is 79.1 Å². The van der Waals surface area contributed by atoms with Crippen molar-refractivity contribution in [2.75, 3.05) is 0 Å². The van der Waals surface area contributed by atoms with Crippen LogP contribution in [0.25, 0.3) is 22.2 Å². The van der Waals surface area contributed by atoms with E-state index in [0.717, 1.165) is 33.5 Å². The van der Waals surface area contributed by atoms with E-state index in [1.807, 2.05) is 42.5 Å². The van der Waals surface area contributed by atoms with Crippen molar-refractivity contribution in [2.45, 2.75) is 0 Å². The molecule has 4 rings (SSSR count). The van der Waals surface area contributed by atoms with E-state index < -0.39 is 0 Å². The van der Waals surface area contributed by atoms with E-state index in [9.17, 15) is 0 Å². The van der Waals surface area contributed by atoms with E-state index in [-0.39, 0.29) is 0 Å². The molecule has 0 atom stereocenters. The lowest BCUT2D eigenvalue weighted by molar-refractivity contribution is 0.976. The van der Waals surface area contributed by atoms with Crippen LogP contribution >= 0.6 is 0 Å². The van der Waals surface area contributed by atoms with Gasteiger partial charge in [0.05, 0.1) is 17.4 Å². The molecule has 0 amide bonds. The zero-order chi connectivity index (χ0) is 16.4. The summed E-state index contributed by atoms with van der Waals surface area (Å²) in [7, 11) is 2.06. The Hall–Kier alpha value is -3.27. The minimum absolute atomic E-state index is 0.740. The molecule has 0 bridgehead atoms. The zero-order valence-corrected chi connectivity index (χ0v) is 13.3. The lowest BCUT2D eigenvalue weighted by Gasteiger charge is -2.05. The molecule has 0 unspecified atom stereocenters. The van der Waals surface area contributed by atoms with Gasteiger partial charge in [-0.15, -0.1) is 10.2 Å². The molecular formula is C20H16N4. The fraction of sp³-hybridized carbons (Fsp3) is 0.0500. The average Bonchev–Trinajstić information content (AvgIpc) is 2.94. The van der Waals surface area contributed by atoms with Crippen LogP contribution in [0.5, 0.6) is 0 Å². The first-order valence-electron chi connectivity index (χ1n) is 7.79. The summed E-state index contributed by atoms with van der Waals surface area (Å²) < 4.78 is 2.17. The normalized spacial score (nSPS) is 11.4. The van der Waals surface area contributed by atoms with Crippen LogP contribution in [-0.4, -0.2) is 9.55 Å². The van der Waals surface area contributed by atoms with Gasteiger partial charge in [-0.05, 0) is 18.2 Å². The van der Waals surface area contributed by atoms with E-state index in [0.29, 0.717) is 0 Å². The molecule has 0 fully saturated rings. The Bertz CT molecular complexity index is 1000. The molecule has 0 aliphatic rings. The van der Waals surface area contributed by atoms with Gasteiger partial charge in [-0.25, -0.2) is 0 Å². The van der Waals surface area contributed by atoms with Crippen LogP contribution in [-0.2, 0) is 7.05 Å². The third-order valence-electron chi connectivity index (χ3n) is 4.04. The van der Waals surface area contributed by atoms with Crippen molar-refractivity contribution in [1.82, 2.24) is 9.55 Å². The quantitative estimate of drug-likeness (QED) is 0.450. The van der Waals surface area contributed by atoms with E-state index in [4.69, 9.17) is 0 Å². The molecule has 0 saturated carbocycles. The molecule has 0 spiro atoms. The van der Waals surface area contributed by atoms with Crippen molar-refractivity contribution in [2.24, 2.45) is 17.3 Å². The van der Waals surface area contributed by atoms with Crippen LogP contribution < -0.4 is 0 Å². The number of benzene rings is 2. The van der Waals surface area contributed by atoms with Crippen LogP contribution in [0, 0.1) is 0 Å². The summed E-state index contributed by atoms with van der Waals surface area (Å²) in [6, 6.07) is 22.3. The number of fused-ring (bicyclic) bond motifs is 1. The van der Waals surface area contributed by atoms with Gasteiger partial charge >= 0.3 is 0 Å². The van der Waals surface area contributed by atoms with Gasteiger partial charge in [0, 0.05) is 24.2 Å². The van der Waals surface area contributed by atoms with Crippen molar-refractivity contribution < 1.29 is 0 Å². The Kier molecular flexibility index (Phi) is 3.63. The van der Waals surface area contributed by atoms with Gasteiger partial charge in [-0.2, -0.15) is 0 Å². The van der Waals surface area contributed by atoms with Gasteiger partial charge in [0.25, 0.3) is 0 Å². The van der Waals surface area contributed by atoms with Gasteiger partial charge in [0.2, 0.25) is 0 Å². The van der Waals surface area contributed by atoms with E-state index in [1.165, 1.54) is 0 Å². The van der Waals surface area contributed by atoms with Crippen molar-refractivity contribution in [3.63, 3.8) is 0 Å². The highest BCUT2D eigenvalue weighted by atomic mass is 15.1. The zero-order valence-electron chi connectivity index (χ0n) is 13.3. The predicted octanol–water partition coefficient (Wildman–Crippen LogP) is 5.66. The maximum Gasteiger partial charge on any atom is 0.119 e. The maximum atomic E-state index is 4.57. The minimum atomic E-state index is 0.740. The van der Waals surface area contributed by atoms with Crippen molar-refractivity contribution >= 4 is 22.3 Å². The summed E-state index contributed by atoms with van der Waals surface area (Å²) in [4.78, 5) is 4.09. The molecule has 4 aromatic rings. The number of hydrogen-bond acceptors (Lipinski definition) is 3. The topological polar surface area (TPSA) is 42.5 Å². The molecule has 0 aliphatic carbocycles. The molecule has 0 saturated heterocycles. The fourth-order valence-corrected chi connectivity index (χ4v) is 2.92. The molecule has 116 valence electrons. The van der Waals surface area contributed by atoms with Gasteiger partial charge < -0.3 is 4.57 Å². The second-order valence-corrected chi connectivity index (χ2v) is 5.55. The fourth-order valence-electron chi connectivity index (χ4n) is 2.92. The van der Waals surface area contributed by atoms with E-state index in [2.05, 4.69) is 51.1 Å². The molecular weight excluding hydrogens is 296 g/mol. The van der Waals surface area contributed by atoms with E-state index in [1.54, 1.807) is 12.4 Å². The van der Waals surface area contributed by atoms with E-state index >= 15 is 0 Å². The molecule has 4 heteroatoms. The van der Waals surface area contributed by atoms with Gasteiger partial charge in [-0.1, -0.05) is 48.5 Å². The molecule has 2 aromatic heterocycles. The molecule has 24 heavy (non-hydrogen) atoms. The summed E-state index contributed by atoms with van der Waals surface area (Å²) in [6.45, 7) is 0. The minimum Gasteiger partial charge on any atom is -0.342 e. The number of aryl methyl sites for hydroxylation is 1. The number of hydrogen-bond donors (Lipinski definition) is 0.